The number of hydrogen-bond acceptors (Lipinski definition) is 4. The molecule has 0 amide bonds. The summed E-state index contributed by atoms with van der Waals surface area (Å²) in [5.74, 6) is 1.16. The van der Waals surface area contributed by atoms with Crippen LogP contribution in [0.2, 0.25) is 15.1 Å². The van der Waals surface area contributed by atoms with E-state index in [0.717, 1.165) is 16.7 Å². The maximum atomic E-state index is 6.44. The van der Waals surface area contributed by atoms with E-state index in [2.05, 4.69) is 10.3 Å². The largest absolute Gasteiger partial charge is 0.493 e. The summed E-state index contributed by atoms with van der Waals surface area (Å²) < 4.78 is 11.3. The van der Waals surface area contributed by atoms with Gasteiger partial charge in [0.1, 0.15) is 6.61 Å². The minimum absolute atomic E-state index is 0.280. The number of pyridine rings is 1. The van der Waals surface area contributed by atoms with Crippen LogP contribution in [0, 0.1) is 0 Å². The minimum Gasteiger partial charge on any atom is -0.493 e. The monoisotopic (exact) mass is 436 g/mol. The van der Waals surface area contributed by atoms with Crippen molar-refractivity contribution in [2.45, 2.75) is 19.7 Å². The number of halogens is 3. The van der Waals surface area contributed by atoms with E-state index < -0.39 is 0 Å². The van der Waals surface area contributed by atoms with Crippen molar-refractivity contribution in [1.29, 1.82) is 0 Å². The van der Waals surface area contributed by atoms with Gasteiger partial charge in [-0.1, -0.05) is 40.9 Å². The summed E-state index contributed by atoms with van der Waals surface area (Å²) in [6.07, 6.45) is 3.54. The second-order valence-electron chi connectivity index (χ2n) is 6.08. The molecule has 0 aliphatic heterocycles. The van der Waals surface area contributed by atoms with Crippen LogP contribution < -0.4 is 14.8 Å². The molecule has 0 bridgehead atoms. The fourth-order valence-electron chi connectivity index (χ4n) is 2.62. The third-order valence-corrected chi connectivity index (χ3v) is 5.06. The van der Waals surface area contributed by atoms with Gasteiger partial charge < -0.3 is 14.8 Å². The Bertz CT molecular complexity index is 936. The Morgan fingerprint density at radius 1 is 0.857 bits per heavy atom. The smallest absolute Gasteiger partial charge is 0.163 e. The standard InChI is InChI=1S/C21H19Cl3N2O2/c1-27-20-8-16(12-26-11-14-4-6-25-7-5-14)19(24)10-21(20)28-13-15-2-3-17(22)9-18(15)23/h2-10,26H,11-13H2,1H3. The van der Waals surface area contributed by atoms with E-state index in [4.69, 9.17) is 44.3 Å². The number of rotatable bonds is 8. The van der Waals surface area contributed by atoms with Crippen molar-refractivity contribution in [1.82, 2.24) is 10.3 Å². The zero-order valence-electron chi connectivity index (χ0n) is 15.2. The zero-order chi connectivity index (χ0) is 19.9. The van der Waals surface area contributed by atoms with E-state index >= 15 is 0 Å². The molecule has 0 saturated heterocycles. The fourth-order valence-corrected chi connectivity index (χ4v) is 3.30. The van der Waals surface area contributed by atoms with Crippen LogP contribution in [-0.4, -0.2) is 12.1 Å². The van der Waals surface area contributed by atoms with Crippen LogP contribution in [-0.2, 0) is 19.7 Å². The first-order chi connectivity index (χ1) is 13.6. The van der Waals surface area contributed by atoms with Crippen LogP contribution in [0.3, 0.4) is 0 Å². The molecular weight excluding hydrogens is 419 g/mol. The summed E-state index contributed by atoms with van der Waals surface area (Å²) in [5.41, 5.74) is 2.90. The topological polar surface area (TPSA) is 43.4 Å². The first-order valence-electron chi connectivity index (χ1n) is 8.59. The van der Waals surface area contributed by atoms with E-state index in [1.165, 1.54) is 0 Å². The van der Waals surface area contributed by atoms with Crippen molar-refractivity contribution in [2.24, 2.45) is 0 Å². The number of nitrogens with zero attached hydrogens (tertiary/aromatic N) is 1. The Hall–Kier alpha value is -1.98. The number of benzene rings is 2. The summed E-state index contributed by atoms with van der Waals surface area (Å²) in [7, 11) is 1.60. The van der Waals surface area contributed by atoms with Crippen LogP contribution in [0.1, 0.15) is 16.7 Å². The average molecular weight is 438 g/mol. The third kappa shape index (κ3) is 5.52. The number of methoxy groups -OCH3 is 1. The molecule has 1 aromatic heterocycles. The Morgan fingerprint density at radius 2 is 1.61 bits per heavy atom. The summed E-state index contributed by atoms with van der Waals surface area (Å²) in [5, 5.41) is 5.09. The van der Waals surface area contributed by atoms with Gasteiger partial charge in [-0.05, 0) is 41.5 Å². The lowest BCUT2D eigenvalue weighted by Crippen LogP contribution is -2.13. The van der Waals surface area contributed by atoms with Crippen LogP contribution in [0.4, 0.5) is 0 Å². The van der Waals surface area contributed by atoms with Gasteiger partial charge in [0.15, 0.2) is 11.5 Å². The molecule has 0 saturated carbocycles. The summed E-state index contributed by atoms with van der Waals surface area (Å²) in [6.45, 7) is 1.59. The van der Waals surface area contributed by atoms with Crippen molar-refractivity contribution in [3.8, 4) is 11.5 Å². The quantitative estimate of drug-likeness (QED) is 0.475. The predicted octanol–water partition coefficient (Wildman–Crippen LogP) is 5.92. The molecule has 146 valence electrons. The molecule has 0 unspecified atom stereocenters. The highest BCUT2D eigenvalue weighted by Crippen LogP contribution is 2.34. The summed E-state index contributed by atoms with van der Waals surface area (Å²) in [4.78, 5) is 4.01. The van der Waals surface area contributed by atoms with Gasteiger partial charge in [-0.3, -0.25) is 4.98 Å². The fraction of sp³-hybridized carbons (Fsp3) is 0.190. The molecule has 28 heavy (non-hydrogen) atoms. The van der Waals surface area contributed by atoms with Crippen molar-refractivity contribution >= 4 is 34.8 Å². The average Bonchev–Trinajstić information content (AvgIpc) is 2.69. The minimum atomic E-state index is 0.280. The molecule has 0 fully saturated rings. The van der Waals surface area contributed by atoms with Gasteiger partial charge in [-0.2, -0.15) is 0 Å². The van der Waals surface area contributed by atoms with Gasteiger partial charge in [-0.25, -0.2) is 0 Å². The van der Waals surface area contributed by atoms with Gasteiger partial charge >= 0.3 is 0 Å². The van der Waals surface area contributed by atoms with Crippen LogP contribution >= 0.6 is 34.8 Å². The number of aromatic nitrogens is 1. The third-order valence-electron chi connectivity index (χ3n) is 4.12. The molecule has 0 aliphatic carbocycles. The van der Waals surface area contributed by atoms with Crippen LogP contribution in [0.15, 0.2) is 54.9 Å². The highest BCUT2D eigenvalue weighted by Gasteiger charge is 2.12. The van der Waals surface area contributed by atoms with E-state index in [0.29, 0.717) is 39.7 Å². The first-order valence-corrected chi connectivity index (χ1v) is 9.73. The highest BCUT2D eigenvalue weighted by atomic mass is 35.5. The van der Waals surface area contributed by atoms with Gasteiger partial charge in [0.05, 0.1) is 7.11 Å². The lowest BCUT2D eigenvalue weighted by molar-refractivity contribution is 0.284. The molecule has 1 N–H and O–H groups in total. The number of hydrogen-bond donors (Lipinski definition) is 1. The lowest BCUT2D eigenvalue weighted by Gasteiger charge is -2.15. The lowest BCUT2D eigenvalue weighted by atomic mass is 10.2. The normalized spacial score (nSPS) is 10.7. The van der Waals surface area contributed by atoms with Gasteiger partial charge in [0.25, 0.3) is 0 Å². The van der Waals surface area contributed by atoms with E-state index in [9.17, 15) is 0 Å². The molecule has 0 radical (unpaired) electrons. The molecule has 0 atom stereocenters. The molecule has 4 nitrogen and oxygen atoms in total. The summed E-state index contributed by atoms with van der Waals surface area (Å²) in [6, 6.07) is 12.9. The number of nitrogens with one attached hydrogen (secondary N) is 1. The molecule has 2 aromatic carbocycles. The Balaban J connectivity index is 1.66. The molecule has 3 rings (SSSR count). The Morgan fingerprint density at radius 3 is 2.32 bits per heavy atom. The SMILES string of the molecule is COc1cc(CNCc2ccncc2)c(Cl)cc1OCc1ccc(Cl)cc1Cl. The predicted molar refractivity (Wildman–Crippen MR) is 114 cm³/mol. The van der Waals surface area contributed by atoms with Gasteiger partial charge in [0.2, 0.25) is 0 Å². The van der Waals surface area contributed by atoms with Crippen molar-refractivity contribution in [2.75, 3.05) is 7.11 Å². The van der Waals surface area contributed by atoms with Crippen LogP contribution in [0.25, 0.3) is 0 Å². The molecule has 3 aromatic rings. The zero-order valence-corrected chi connectivity index (χ0v) is 17.5. The first kappa shape index (κ1) is 20.7. The van der Waals surface area contributed by atoms with E-state index in [1.807, 2.05) is 24.3 Å². The van der Waals surface area contributed by atoms with E-state index in [-0.39, 0.29) is 6.61 Å². The molecule has 1 heterocycles. The molecule has 7 heteroatoms. The maximum Gasteiger partial charge on any atom is 0.163 e. The summed E-state index contributed by atoms with van der Waals surface area (Å²) >= 11 is 18.6. The van der Waals surface area contributed by atoms with Gasteiger partial charge in [-0.15, -0.1) is 0 Å². The molecule has 0 spiro atoms. The van der Waals surface area contributed by atoms with Crippen LogP contribution in [0.5, 0.6) is 11.5 Å². The van der Waals surface area contributed by atoms with Gasteiger partial charge in [0, 0.05) is 52.2 Å². The van der Waals surface area contributed by atoms with Crippen molar-refractivity contribution in [3.05, 3.63) is 86.6 Å². The second kappa shape index (κ2) is 9.99. The Kier molecular flexibility index (Phi) is 7.40. The maximum absolute atomic E-state index is 6.44. The van der Waals surface area contributed by atoms with Crippen molar-refractivity contribution in [3.63, 3.8) is 0 Å². The van der Waals surface area contributed by atoms with Crippen molar-refractivity contribution < 1.29 is 9.47 Å². The second-order valence-corrected chi connectivity index (χ2v) is 7.33. The molecular formula is C21H19Cl3N2O2. The number of ether oxygens (including phenoxy) is 2. The highest BCUT2D eigenvalue weighted by molar-refractivity contribution is 6.35. The Labute approximate surface area is 179 Å². The van der Waals surface area contributed by atoms with E-state index in [1.54, 1.807) is 37.7 Å². The molecule has 0 aliphatic rings.